The Balaban J connectivity index is 0.00000280. The molecule has 1 saturated heterocycles. The van der Waals surface area contributed by atoms with Crippen LogP contribution < -0.4 is 19.7 Å². The standard InChI is InChI=1S/C21H28N4O2.HI/c1-22-21(23-16-17-8-10-18(26-2)11-9-17)25-14-12-24(13-15-25)19-6-4-5-7-20(19)27-3;/h4-11H,12-16H2,1-3H3,(H,22,23);1H. The molecule has 0 aliphatic carbocycles. The van der Waals surface area contributed by atoms with Crippen LogP contribution in [0.1, 0.15) is 5.56 Å². The van der Waals surface area contributed by atoms with Crippen molar-refractivity contribution in [3.63, 3.8) is 0 Å². The van der Waals surface area contributed by atoms with Crippen LogP contribution in [0.25, 0.3) is 0 Å². The Morgan fingerprint density at radius 1 is 0.964 bits per heavy atom. The number of para-hydroxylation sites is 2. The Kier molecular flexibility index (Phi) is 8.69. The number of aliphatic imine (C=N–C) groups is 1. The topological polar surface area (TPSA) is 49.3 Å². The molecule has 0 radical (unpaired) electrons. The molecule has 2 aromatic carbocycles. The van der Waals surface area contributed by atoms with E-state index in [1.54, 1.807) is 14.2 Å². The third-order valence-corrected chi connectivity index (χ3v) is 4.83. The van der Waals surface area contributed by atoms with Gasteiger partial charge in [0.1, 0.15) is 11.5 Å². The Hall–Kier alpha value is -2.16. The number of methoxy groups -OCH3 is 2. The largest absolute Gasteiger partial charge is 0.497 e. The minimum atomic E-state index is 0. The van der Waals surface area contributed by atoms with Crippen molar-refractivity contribution < 1.29 is 9.47 Å². The SMILES string of the molecule is CN=C(NCc1ccc(OC)cc1)N1CCN(c2ccccc2OC)CC1.I. The summed E-state index contributed by atoms with van der Waals surface area (Å²) < 4.78 is 10.7. The highest BCUT2D eigenvalue weighted by atomic mass is 127. The Morgan fingerprint density at radius 3 is 2.25 bits per heavy atom. The van der Waals surface area contributed by atoms with Crippen LogP contribution in [0, 0.1) is 0 Å². The monoisotopic (exact) mass is 496 g/mol. The van der Waals surface area contributed by atoms with Gasteiger partial charge >= 0.3 is 0 Å². The van der Waals surface area contributed by atoms with Crippen LogP contribution in [-0.2, 0) is 6.54 Å². The summed E-state index contributed by atoms with van der Waals surface area (Å²) in [6, 6.07) is 16.3. The molecule has 7 heteroatoms. The molecule has 1 aliphatic rings. The average Bonchev–Trinajstić information content (AvgIpc) is 2.75. The Labute approximate surface area is 184 Å². The minimum Gasteiger partial charge on any atom is -0.497 e. The maximum absolute atomic E-state index is 5.50. The number of benzene rings is 2. The van der Waals surface area contributed by atoms with Gasteiger partial charge in [0.05, 0.1) is 19.9 Å². The van der Waals surface area contributed by atoms with Crippen molar-refractivity contribution in [3.05, 3.63) is 54.1 Å². The van der Waals surface area contributed by atoms with Crippen LogP contribution in [0.5, 0.6) is 11.5 Å². The average molecular weight is 496 g/mol. The summed E-state index contributed by atoms with van der Waals surface area (Å²) in [7, 11) is 5.24. The molecule has 1 aliphatic heterocycles. The van der Waals surface area contributed by atoms with Crippen molar-refractivity contribution in [2.75, 3.05) is 52.3 Å². The zero-order valence-corrected chi connectivity index (χ0v) is 19.1. The first-order valence-electron chi connectivity index (χ1n) is 9.21. The van der Waals surface area contributed by atoms with Crippen molar-refractivity contribution in [3.8, 4) is 11.5 Å². The summed E-state index contributed by atoms with van der Waals surface area (Å²) >= 11 is 0. The van der Waals surface area contributed by atoms with Crippen molar-refractivity contribution in [1.82, 2.24) is 10.2 Å². The number of nitrogens with zero attached hydrogens (tertiary/aromatic N) is 3. The fourth-order valence-corrected chi connectivity index (χ4v) is 3.31. The quantitative estimate of drug-likeness (QED) is 0.392. The molecule has 0 saturated carbocycles. The van der Waals surface area contributed by atoms with Crippen LogP contribution >= 0.6 is 24.0 Å². The molecular weight excluding hydrogens is 467 g/mol. The molecule has 3 rings (SSSR count). The molecule has 0 atom stereocenters. The smallest absolute Gasteiger partial charge is 0.194 e. The number of ether oxygens (including phenoxy) is 2. The molecule has 152 valence electrons. The van der Waals surface area contributed by atoms with Crippen LogP contribution in [0.3, 0.4) is 0 Å². The molecule has 28 heavy (non-hydrogen) atoms. The predicted octanol–water partition coefficient (Wildman–Crippen LogP) is 3.22. The summed E-state index contributed by atoms with van der Waals surface area (Å²) in [5.74, 6) is 2.73. The van der Waals surface area contributed by atoms with Crippen molar-refractivity contribution in [2.45, 2.75) is 6.54 Å². The van der Waals surface area contributed by atoms with E-state index < -0.39 is 0 Å². The second-order valence-corrected chi connectivity index (χ2v) is 6.39. The third kappa shape index (κ3) is 5.43. The molecule has 0 bridgehead atoms. The summed E-state index contributed by atoms with van der Waals surface area (Å²) in [6.45, 7) is 4.44. The lowest BCUT2D eigenvalue weighted by atomic mass is 10.2. The van der Waals surface area contributed by atoms with Gasteiger partial charge < -0.3 is 24.6 Å². The van der Waals surface area contributed by atoms with Crippen LogP contribution in [0.2, 0.25) is 0 Å². The Morgan fingerprint density at radius 2 is 1.64 bits per heavy atom. The number of anilines is 1. The highest BCUT2D eigenvalue weighted by molar-refractivity contribution is 14.0. The van der Waals surface area contributed by atoms with Crippen molar-refractivity contribution in [2.24, 2.45) is 4.99 Å². The summed E-state index contributed by atoms with van der Waals surface area (Å²) in [5.41, 5.74) is 2.35. The molecule has 2 aromatic rings. The van der Waals surface area contributed by atoms with Crippen molar-refractivity contribution >= 4 is 35.6 Å². The number of rotatable bonds is 5. The molecular formula is C21H29IN4O2. The van der Waals surface area contributed by atoms with E-state index in [0.29, 0.717) is 0 Å². The second kappa shape index (κ2) is 11.0. The number of hydrogen-bond acceptors (Lipinski definition) is 4. The van der Waals surface area contributed by atoms with E-state index in [1.807, 2.05) is 31.3 Å². The van der Waals surface area contributed by atoms with Crippen molar-refractivity contribution in [1.29, 1.82) is 0 Å². The highest BCUT2D eigenvalue weighted by Gasteiger charge is 2.21. The molecule has 1 heterocycles. The maximum Gasteiger partial charge on any atom is 0.194 e. The first kappa shape index (κ1) is 22.1. The van der Waals surface area contributed by atoms with Gasteiger partial charge in [-0.15, -0.1) is 24.0 Å². The van der Waals surface area contributed by atoms with E-state index in [-0.39, 0.29) is 24.0 Å². The van der Waals surface area contributed by atoms with Crippen LogP contribution in [-0.4, -0.2) is 58.3 Å². The maximum atomic E-state index is 5.50. The fourth-order valence-electron chi connectivity index (χ4n) is 3.31. The lowest BCUT2D eigenvalue weighted by Gasteiger charge is -2.38. The molecule has 1 N–H and O–H groups in total. The number of piperazine rings is 1. The molecule has 0 amide bonds. The van der Waals surface area contributed by atoms with E-state index in [9.17, 15) is 0 Å². The zero-order valence-electron chi connectivity index (χ0n) is 16.7. The molecule has 0 spiro atoms. The first-order valence-corrected chi connectivity index (χ1v) is 9.21. The van der Waals surface area contributed by atoms with E-state index in [1.165, 1.54) is 5.56 Å². The number of nitrogens with one attached hydrogen (secondary N) is 1. The van der Waals surface area contributed by atoms with E-state index >= 15 is 0 Å². The van der Waals surface area contributed by atoms with Gasteiger partial charge in [-0.3, -0.25) is 4.99 Å². The van der Waals surface area contributed by atoms with Gasteiger partial charge in [0.2, 0.25) is 0 Å². The normalized spacial score (nSPS) is 14.3. The van der Waals surface area contributed by atoms with Gasteiger partial charge in [-0.2, -0.15) is 0 Å². The minimum absolute atomic E-state index is 0. The molecule has 6 nitrogen and oxygen atoms in total. The van der Waals surface area contributed by atoms with Gasteiger partial charge in [0.25, 0.3) is 0 Å². The highest BCUT2D eigenvalue weighted by Crippen LogP contribution is 2.28. The van der Waals surface area contributed by atoms with Gasteiger partial charge in [-0.1, -0.05) is 24.3 Å². The molecule has 0 unspecified atom stereocenters. The summed E-state index contributed by atoms with van der Waals surface area (Å²) in [6.07, 6.45) is 0. The predicted molar refractivity (Wildman–Crippen MR) is 125 cm³/mol. The number of hydrogen-bond donors (Lipinski definition) is 1. The molecule has 1 fully saturated rings. The summed E-state index contributed by atoms with van der Waals surface area (Å²) in [4.78, 5) is 9.12. The Bertz CT molecular complexity index is 759. The van der Waals surface area contributed by atoms with Gasteiger partial charge in [-0.05, 0) is 29.8 Å². The van der Waals surface area contributed by atoms with Gasteiger partial charge in [-0.25, -0.2) is 0 Å². The first-order chi connectivity index (χ1) is 13.2. The lowest BCUT2D eigenvalue weighted by molar-refractivity contribution is 0.367. The summed E-state index contributed by atoms with van der Waals surface area (Å²) in [5, 5.41) is 3.46. The number of halogens is 1. The van der Waals surface area contributed by atoms with Gasteiger partial charge in [0.15, 0.2) is 5.96 Å². The lowest BCUT2D eigenvalue weighted by Crippen LogP contribution is -2.52. The van der Waals surface area contributed by atoms with E-state index in [4.69, 9.17) is 9.47 Å². The van der Waals surface area contributed by atoms with E-state index in [0.717, 1.165) is 55.9 Å². The zero-order chi connectivity index (χ0) is 19.1. The van der Waals surface area contributed by atoms with Gasteiger partial charge in [0, 0.05) is 39.8 Å². The third-order valence-electron chi connectivity index (χ3n) is 4.83. The fraction of sp³-hybridized carbons (Fsp3) is 0.381. The van der Waals surface area contributed by atoms with E-state index in [2.05, 4.69) is 44.4 Å². The van der Waals surface area contributed by atoms with Crippen LogP contribution in [0.15, 0.2) is 53.5 Å². The molecule has 0 aromatic heterocycles. The van der Waals surface area contributed by atoms with Crippen LogP contribution in [0.4, 0.5) is 5.69 Å². The second-order valence-electron chi connectivity index (χ2n) is 6.39. The number of guanidine groups is 1.